The lowest BCUT2D eigenvalue weighted by Crippen LogP contribution is -2.34. The highest BCUT2D eigenvalue weighted by Gasteiger charge is 2.23. The number of nitrogens with zero attached hydrogens (tertiary/aromatic N) is 3. The number of benzene rings is 2. The molecular weight excluding hydrogens is 378 g/mol. The van der Waals surface area contributed by atoms with Crippen molar-refractivity contribution in [3.8, 4) is 10.6 Å². The van der Waals surface area contributed by atoms with Crippen molar-refractivity contribution in [2.75, 3.05) is 11.4 Å². The van der Waals surface area contributed by atoms with Gasteiger partial charge in [0.2, 0.25) is 5.13 Å². The molecule has 1 heterocycles. The third-order valence-corrected chi connectivity index (χ3v) is 5.73. The van der Waals surface area contributed by atoms with Crippen molar-refractivity contribution in [2.24, 2.45) is 5.92 Å². The van der Waals surface area contributed by atoms with Gasteiger partial charge in [-0.1, -0.05) is 87.9 Å². The van der Waals surface area contributed by atoms with Gasteiger partial charge in [0.25, 0.3) is 5.91 Å². The van der Waals surface area contributed by atoms with E-state index in [4.69, 9.17) is 0 Å². The number of aryl methyl sites for hydroxylation is 1. The van der Waals surface area contributed by atoms with Crippen molar-refractivity contribution in [2.45, 2.75) is 47.0 Å². The second kappa shape index (κ2) is 8.46. The molecule has 0 spiro atoms. The number of rotatable bonds is 5. The average Bonchev–Trinajstić information content (AvgIpc) is 3.15. The second-order valence-corrected chi connectivity index (χ2v) is 9.85. The van der Waals surface area contributed by atoms with E-state index in [1.807, 2.05) is 31.2 Å². The number of aromatic nitrogens is 2. The topological polar surface area (TPSA) is 46.1 Å². The zero-order valence-electron chi connectivity index (χ0n) is 18.1. The van der Waals surface area contributed by atoms with Gasteiger partial charge in [-0.2, -0.15) is 0 Å². The molecule has 0 bridgehead atoms. The molecular formula is C24H29N3OS. The predicted octanol–water partition coefficient (Wildman–Crippen LogP) is 6.11. The summed E-state index contributed by atoms with van der Waals surface area (Å²) in [7, 11) is 0. The molecule has 152 valence electrons. The van der Waals surface area contributed by atoms with Crippen LogP contribution in [-0.2, 0) is 5.41 Å². The SMILES string of the molecule is Cc1ccc(C(=O)N(CC(C)C)c2nnc(-c3ccc(C(C)(C)C)cc3)s2)cc1. The quantitative estimate of drug-likeness (QED) is 0.512. The maximum atomic E-state index is 13.2. The molecule has 29 heavy (non-hydrogen) atoms. The normalized spacial score (nSPS) is 11.7. The minimum Gasteiger partial charge on any atom is -0.282 e. The lowest BCUT2D eigenvalue weighted by atomic mass is 9.87. The molecule has 0 aliphatic rings. The monoisotopic (exact) mass is 407 g/mol. The van der Waals surface area contributed by atoms with Crippen molar-refractivity contribution in [1.29, 1.82) is 0 Å². The zero-order chi connectivity index (χ0) is 21.2. The van der Waals surface area contributed by atoms with Crippen LogP contribution in [0.1, 0.15) is 56.1 Å². The molecule has 0 saturated carbocycles. The summed E-state index contributed by atoms with van der Waals surface area (Å²) >= 11 is 1.46. The number of hydrogen-bond acceptors (Lipinski definition) is 4. The first-order chi connectivity index (χ1) is 13.6. The van der Waals surface area contributed by atoms with Crippen LogP contribution >= 0.6 is 11.3 Å². The molecule has 3 aromatic rings. The number of anilines is 1. The van der Waals surface area contributed by atoms with Crippen LogP contribution in [0.3, 0.4) is 0 Å². The summed E-state index contributed by atoms with van der Waals surface area (Å²) in [6, 6.07) is 16.1. The first-order valence-corrected chi connectivity index (χ1v) is 10.8. The number of amides is 1. The number of carbonyl (C=O) groups excluding carboxylic acids is 1. The molecule has 1 aromatic heterocycles. The average molecular weight is 408 g/mol. The fraction of sp³-hybridized carbons (Fsp3) is 0.375. The summed E-state index contributed by atoms with van der Waals surface area (Å²) in [5.74, 6) is 0.285. The van der Waals surface area contributed by atoms with Gasteiger partial charge in [-0.3, -0.25) is 9.69 Å². The first kappa shape index (κ1) is 21.2. The lowest BCUT2D eigenvalue weighted by Gasteiger charge is -2.21. The fourth-order valence-electron chi connectivity index (χ4n) is 3.02. The van der Waals surface area contributed by atoms with E-state index in [1.54, 1.807) is 4.90 Å². The van der Waals surface area contributed by atoms with Gasteiger partial charge in [0.15, 0.2) is 0 Å². The largest absolute Gasteiger partial charge is 0.282 e. The molecule has 0 unspecified atom stereocenters. The van der Waals surface area contributed by atoms with Crippen LogP contribution in [0.15, 0.2) is 48.5 Å². The Labute approximate surface area is 177 Å². The van der Waals surface area contributed by atoms with Crippen molar-refractivity contribution in [3.05, 3.63) is 65.2 Å². The molecule has 0 N–H and O–H groups in total. The van der Waals surface area contributed by atoms with E-state index in [0.717, 1.165) is 16.1 Å². The molecule has 4 nitrogen and oxygen atoms in total. The van der Waals surface area contributed by atoms with Crippen molar-refractivity contribution < 1.29 is 4.79 Å². The van der Waals surface area contributed by atoms with Gasteiger partial charge in [-0.25, -0.2) is 0 Å². The van der Waals surface area contributed by atoms with Gasteiger partial charge in [-0.15, -0.1) is 10.2 Å². The summed E-state index contributed by atoms with van der Waals surface area (Å²) in [5.41, 5.74) is 4.21. The van der Waals surface area contributed by atoms with Crippen LogP contribution in [0.5, 0.6) is 0 Å². The van der Waals surface area contributed by atoms with Crippen LogP contribution in [0, 0.1) is 12.8 Å². The third-order valence-electron chi connectivity index (χ3n) is 4.73. The maximum absolute atomic E-state index is 13.2. The Kier molecular flexibility index (Phi) is 6.18. The Balaban J connectivity index is 1.89. The molecule has 5 heteroatoms. The Hall–Kier alpha value is -2.53. The van der Waals surface area contributed by atoms with Gasteiger partial charge in [0.1, 0.15) is 5.01 Å². The Morgan fingerprint density at radius 1 is 1.00 bits per heavy atom. The summed E-state index contributed by atoms with van der Waals surface area (Å²) in [6.45, 7) is 13.4. The molecule has 2 aromatic carbocycles. The molecule has 0 radical (unpaired) electrons. The molecule has 0 atom stereocenters. The van der Waals surface area contributed by atoms with E-state index >= 15 is 0 Å². The Morgan fingerprint density at radius 2 is 1.62 bits per heavy atom. The highest BCUT2D eigenvalue weighted by molar-refractivity contribution is 7.18. The van der Waals surface area contributed by atoms with Crippen molar-refractivity contribution in [3.63, 3.8) is 0 Å². The molecule has 0 saturated heterocycles. The Morgan fingerprint density at radius 3 is 2.17 bits per heavy atom. The van der Waals surface area contributed by atoms with Gasteiger partial charge < -0.3 is 0 Å². The number of hydrogen-bond donors (Lipinski definition) is 0. The summed E-state index contributed by atoms with van der Waals surface area (Å²) in [6.07, 6.45) is 0. The summed E-state index contributed by atoms with van der Waals surface area (Å²) in [4.78, 5) is 14.9. The van der Waals surface area contributed by atoms with Crippen LogP contribution in [0.25, 0.3) is 10.6 Å². The summed E-state index contributed by atoms with van der Waals surface area (Å²) < 4.78 is 0. The minimum atomic E-state index is -0.0375. The van der Waals surface area contributed by atoms with Gasteiger partial charge in [-0.05, 0) is 36.0 Å². The van der Waals surface area contributed by atoms with Gasteiger partial charge in [0, 0.05) is 17.7 Å². The fourth-order valence-corrected chi connectivity index (χ4v) is 3.88. The molecule has 3 rings (SSSR count). The first-order valence-electron chi connectivity index (χ1n) is 9.98. The highest BCUT2D eigenvalue weighted by atomic mass is 32.1. The molecule has 0 aliphatic carbocycles. The lowest BCUT2D eigenvalue weighted by molar-refractivity contribution is 0.0983. The van der Waals surface area contributed by atoms with E-state index < -0.39 is 0 Å². The maximum Gasteiger partial charge on any atom is 0.260 e. The highest BCUT2D eigenvalue weighted by Crippen LogP contribution is 2.31. The van der Waals surface area contributed by atoms with Gasteiger partial charge in [0.05, 0.1) is 0 Å². The van der Waals surface area contributed by atoms with E-state index in [-0.39, 0.29) is 11.3 Å². The second-order valence-electron chi connectivity index (χ2n) is 8.89. The third kappa shape index (κ3) is 5.10. The standard InChI is InChI=1S/C24H29N3OS/c1-16(2)15-27(22(28)19-9-7-17(3)8-10-19)23-26-25-21(29-23)18-11-13-20(14-12-18)24(4,5)6/h7-14,16H,15H2,1-6H3. The molecule has 0 aliphatic heterocycles. The number of carbonyl (C=O) groups is 1. The van der Waals surface area contributed by atoms with Crippen LogP contribution in [0.2, 0.25) is 0 Å². The molecule has 0 fully saturated rings. The van der Waals surface area contributed by atoms with Crippen LogP contribution in [-0.4, -0.2) is 22.6 Å². The zero-order valence-corrected chi connectivity index (χ0v) is 18.9. The van der Waals surface area contributed by atoms with E-state index in [1.165, 1.54) is 16.9 Å². The summed E-state index contributed by atoms with van der Waals surface area (Å²) in [5, 5.41) is 10.2. The van der Waals surface area contributed by atoms with Crippen molar-refractivity contribution in [1.82, 2.24) is 10.2 Å². The van der Waals surface area contributed by atoms with E-state index in [2.05, 4.69) is 69.1 Å². The van der Waals surface area contributed by atoms with Crippen molar-refractivity contribution >= 4 is 22.4 Å². The van der Waals surface area contributed by atoms with E-state index in [9.17, 15) is 4.79 Å². The molecule has 1 amide bonds. The predicted molar refractivity (Wildman–Crippen MR) is 122 cm³/mol. The van der Waals surface area contributed by atoms with Crippen LogP contribution in [0.4, 0.5) is 5.13 Å². The van der Waals surface area contributed by atoms with Crippen LogP contribution < -0.4 is 4.90 Å². The minimum absolute atomic E-state index is 0.0375. The smallest absolute Gasteiger partial charge is 0.260 e. The van der Waals surface area contributed by atoms with E-state index in [0.29, 0.717) is 23.2 Å². The van der Waals surface area contributed by atoms with Gasteiger partial charge >= 0.3 is 0 Å². The Bertz CT molecular complexity index is 967.